The summed E-state index contributed by atoms with van der Waals surface area (Å²) in [5, 5.41) is 4.49. The maximum atomic E-state index is 4.54. The summed E-state index contributed by atoms with van der Waals surface area (Å²) in [6.07, 6.45) is 6.34. The molecule has 2 heterocycles. The van der Waals surface area contributed by atoms with Crippen LogP contribution < -0.4 is 5.32 Å². The van der Waals surface area contributed by atoms with E-state index in [4.69, 9.17) is 0 Å². The van der Waals surface area contributed by atoms with Crippen molar-refractivity contribution in [1.82, 2.24) is 14.9 Å². The van der Waals surface area contributed by atoms with Crippen LogP contribution in [0.15, 0.2) is 54.9 Å². The van der Waals surface area contributed by atoms with Gasteiger partial charge in [-0.1, -0.05) is 30.3 Å². The Balaban J connectivity index is 1.74. The van der Waals surface area contributed by atoms with Crippen molar-refractivity contribution in [3.8, 4) is 0 Å². The summed E-state index contributed by atoms with van der Waals surface area (Å²) in [6.45, 7) is 1.89. The lowest BCUT2D eigenvalue weighted by molar-refractivity contribution is 0.654. The summed E-state index contributed by atoms with van der Waals surface area (Å²) in [7, 11) is 1.98. The third-order valence-corrected chi connectivity index (χ3v) is 3.79. The quantitative estimate of drug-likeness (QED) is 0.749. The third kappa shape index (κ3) is 3.14. The maximum absolute atomic E-state index is 4.54. The molecule has 0 fully saturated rings. The highest BCUT2D eigenvalue weighted by Crippen LogP contribution is 2.19. The predicted octanol–water partition coefficient (Wildman–Crippen LogP) is 3.39. The average molecular weight is 279 g/mol. The van der Waals surface area contributed by atoms with E-state index in [0.29, 0.717) is 0 Å². The van der Waals surface area contributed by atoms with E-state index in [0.717, 1.165) is 31.6 Å². The lowest BCUT2D eigenvalue weighted by Gasteiger charge is -2.04. The minimum atomic E-state index is 0.883. The van der Waals surface area contributed by atoms with Crippen molar-refractivity contribution < 1.29 is 0 Å². The molecule has 3 heteroatoms. The van der Waals surface area contributed by atoms with Crippen LogP contribution in [0.5, 0.6) is 0 Å². The van der Waals surface area contributed by atoms with E-state index in [1.807, 2.05) is 19.3 Å². The van der Waals surface area contributed by atoms with Gasteiger partial charge in [-0.2, -0.15) is 0 Å². The minimum Gasteiger partial charge on any atom is -0.332 e. The highest BCUT2D eigenvalue weighted by Gasteiger charge is 2.08. The molecule has 0 aliphatic heterocycles. The molecule has 0 unspecified atom stereocenters. The van der Waals surface area contributed by atoms with E-state index in [1.165, 1.54) is 16.5 Å². The van der Waals surface area contributed by atoms with Crippen molar-refractivity contribution in [3.05, 3.63) is 66.0 Å². The molecule has 0 bridgehead atoms. The zero-order valence-electron chi connectivity index (χ0n) is 12.4. The number of aryl methyl sites for hydroxylation is 2. The Hall–Kier alpha value is -2.13. The van der Waals surface area contributed by atoms with Crippen molar-refractivity contribution >= 4 is 11.0 Å². The van der Waals surface area contributed by atoms with Gasteiger partial charge in [0.1, 0.15) is 5.65 Å². The Bertz CT molecular complexity index is 701. The topological polar surface area (TPSA) is 29.9 Å². The number of fused-ring (bicyclic) bond motifs is 1. The van der Waals surface area contributed by atoms with Crippen LogP contribution >= 0.6 is 0 Å². The van der Waals surface area contributed by atoms with Gasteiger partial charge < -0.3 is 9.88 Å². The molecular formula is C18H21N3. The molecule has 0 aliphatic rings. The summed E-state index contributed by atoms with van der Waals surface area (Å²) in [4.78, 5) is 4.54. The van der Waals surface area contributed by atoms with Gasteiger partial charge in [0.25, 0.3) is 0 Å². The number of rotatable bonds is 6. The van der Waals surface area contributed by atoms with Gasteiger partial charge in [-0.15, -0.1) is 0 Å². The Morgan fingerprint density at radius 2 is 1.95 bits per heavy atom. The molecule has 3 rings (SSSR count). The number of pyridine rings is 1. The summed E-state index contributed by atoms with van der Waals surface area (Å²) >= 11 is 0. The molecule has 3 aromatic rings. The maximum Gasteiger partial charge on any atom is 0.140 e. The Morgan fingerprint density at radius 1 is 1.10 bits per heavy atom. The molecule has 1 N–H and O–H groups in total. The Labute approximate surface area is 125 Å². The molecule has 0 aliphatic carbocycles. The molecular weight excluding hydrogens is 258 g/mol. The van der Waals surface area contributed by atoms with Gasteiger partial charge >= 0.3 is 0 Å². The smallest absolute Gasteiger partial charge is 0.140 e. The van der Waals surface area contributed by atoms with Gasteiger partial charge in [0.05, 0.1) is 0 Å². The Morgan fingerprint density at radius 3 is 2.76 bits per heavy atom. The van der Waals surface area contributed by atoms with E-state index in [-0.39, 0.29) is 0 Å². The Kier molecular flexibility index (Phi) is 4.31. The first-order valence-electron chi connectivity index (χ1n) is 7.50. The minimum absolute atomic E-state index is 0.883. The van der Waals surface area contributed by atoms with Crippen LogP contribution in [0.25, 0.3) is 11.0 Å². The van der Waals surface area contributed by atoms with Crippen molar-refractivity contribution in [2.75, 3.05) is 7.05 Å². The molecule has 0 spiro atoms. The SMILES string of the molecule is CNCc1cn(CCCc2ccccc2)c2ncccc12. The molecule has 21 heavy (non-hydrogen) atoms. The average Bonchev–Trinajstić information content (AvgIpc) is 2.87. The fourth-order valence-electron chi connectivity index (χ4n) is 2.80. The van der Waals surface area contributed by atoms with Crippen LogP contribution in [0.1, 0.15) is 17.5 Å². The fraction of sp³-hybridized carbons (Fsp3) is 0.278. The van der Waals surface area contributed by atoms with E-state index in [2.05, 4.69) is 57.5 Å². The van der Waals surface area contributed by atoms with Crippen LogP contribution in [-0.2, 0) is 19.5 Å². The molecule has 0 saturated carbocycles. The normalized spacial score (nSPS) is 11.1. The third-order valence-electron chi connectivity index (χ3n) is 3.79. The van der Waals surface area contributed by atoms with Crippen molar-refractivity contribution in [3.63, 3.8) is 0 Å². The van der Waals surface area contributed by atoms with E-state index in [9.17, 15) is 0 Å². The highest BCUT2D eigenvalue weighted by atomic mass is 15.0. The van der Waals surface area contributed by atoms with Crippen molar-refractivity contribution in [2.24, 2.45) is 0 Å². The highest BCUT2D eigenvalue weighted by molar-refractivity contribution is 5.80. The van der Waals surface area contributed by atoms with Crippen LogP contribution in [0.2, 0.25) is 0 Å². The van der Waals surface area contributed by atoms with Gasteiger partial charge in [0, 0.05) is 30.9 Å². The zero-order valence-corrected chi connectivity index (χ0v) is 12.4. The second kappa shape index (κ2) is 6.55. The summed E-state index contributed by atoms with van der Waals surface area (Å²) in [6, 6.07) is 14.8. The molecule has 108 valence electrons. The number of aromatic nitrogens is 2. The summed E-state index contributed by atoms with van der Waals surface area (Å²) in [5.74, 6) is 0. The summed E-state index contributed by atoms with van der Waals surface area (Å²) < 4.78 is 2.28. The largest absolute Gasteiger partial charge is 0.332 e. The van der Waals surface area contributed by atoms with Crippen LogP contribution in [0.3, 0.4) is 0 Å². The number of benzene rings is 1. The standard InChI is InChI=1S/C18H21N3/c1-19-13-16-14-21(18-17(16)10-5-11-20-18)12-6-9-15-7-3-2-4-8-15/h2-5,7-8,10-11,14,19H,6,9,12-13H2,1H3. The van der Waals surface area contributed by atoms with E-state index in [1.54, 1.807) is 0 Å². The molecule has 3 nitrogen and oxygen atoms in total. The summed E-state index contributed by atoms with van der Waals surface area (Å²) in [5.41, 5.74) is 3.81. The molecule has 0 saturated heterocycles. The molecule has 0 radical (unpaired) electrons. The number of nitrogens with one attached hydrogen (secondary N) is 1. The first-order valence-corrected chi connectivity index (χ1v) is 7.50. The molecule has 0 amide bonds. The second-order valence-corrected chi connectivity index (χ2v) is 5.34. The van der Waals surface area contributed by atoms with Crippen LogP contribution in [0, 0.1) is 0 Å². The zero-order chi connectivity index (χ0) is 14.5. The van der Waals surface area contributed by atoms with Crippen LogP contribution in [0.4, 0.5) is 0 Å². The van der Waals surface area contributed by atoms with Gasteiger partial charge in [-0.05, 0) is 43.1 Å². The number of nitrogens with zero attached hydrogens (tertiary/aromatic N) is 2. The van der Waals surface area contributed by atoms with Crippen molar-refractivity contribution in [2.45, 2.75) is 25.9 Å². The molecule has 1 aromatic carbocycles. The predicted molar refractivity (Wildman–Crippen MR) is 87.3 cm³/mol. The first-order chi connectivity index (χ1) is 10.4. The number of hydrogen-bond acceptors (Lipinski definition) is 2. The second-order valence-electron chi connectivity index (χ2n) is 5.34. The van der Waals surface area contributed by atoms with Crippen molar-refractivity contribution in [1.29, 1.82) is 0 Å². The molecule has 0 atom stereocenters. The first kappa shape index (κ1) is 13.8. The fourth-order valence-corrected chi connectivity index (χ4v) is 2.80. The lowest BCUT2D eigenvalue weighted by atomic mass is 10.1. The van der Waals surface area contributed by atoms with Gasteiger partial charge in [0.2, 0.25) is 0 Å². The monoisotopic (exact) mass is 279 g/mol. The van der Waals surface area contributed by atoms with Gasteiger partial charge in [0.15, 0.2) is 0 Å². The van der Waals surface area contributed by atoms with E-state index >= 15 is 0 Å². The lowest BCUT2D eigenvalue weighted by Crippen LogP contribution is -2.04. The van der Waals surface area contributed by atoms with Gasteiger partial charge in [-0.3, -0.25) is 0 Å². The number of hydrogen-bond donors (Lipinski definition) is 1. The van der Waals surface area contributed by atoms with Crippen LogP contribution in [-0.4, -0.2) is 16.6 Å². The van der Waals surface area contributed by atoms with Gasteiger partial charge in [-0.25, -0.2) is 4.98 Å². The molecule has 2 aromatic heterocycles. The van der Waals surface area contributed by atoms with E-state index < -0.39 is 0 Å².